The zero-order valence-corrected chi connectivity index (χ0v) is 20.5. The zero-order valence-electron chi connectivity index (χ0n) is 20.5. The SMILES string of the molecule is C/C(=C\C[NH+]1CN(C)c2ncnc(N)c21)CC[C@@]1(C)C2=CCCC(C)(C)[C@@H]2CC[C@@H]1C. The average Bonchev–Trinajstić information content (AvgIpc) is 3.05. The molecule has 0 bridgehead atoms. The highest BCUT2D eigenvalue weighted by Crippen LogP contribution is 2.58. The highest BCUT2D eigenvalue weighted by atomic mass is 15.4. The summed E-state index contributed by atoms with van der Waals surface area (Å²) in [4.78, 5) is 12.2. The molecule has 1 aromatic heterocycles. The number of nitrogen functional groups attached to an aromatic ring is 1. The van der Waals surface area contributed by atoms with Gasteiger partial charge in [0.2, 0.25) is 11.5 Å². The second-order valence-corrected chi connectivity index (χ2v) is 11.3. The molecule has 0 spiro atoms. The van der Waals surface area contributed by atoms with Crippen molar-refractivity contribution in [2.75, 3.05) is 30.9 Å². The van der Waals surface area contributed by atoms with Gasteiger partial charge in [0.15, 0.2) is 12.5 Å². The molecular weight excluding hydrogens is 382 g/mol. The molecule has 0 saturated heterocycles. The van der Waals surface area contributed by atoms with Gasteiger partial charge < -0.3 is 10.6 Å². The normalized spacial score (nSPS) is 32.5. The summed E-state index contributed by atoms with van der Waals surface area (Å²) in [6, 6.07) is 0. The molecule has 4 rings (SSSR count). The number of hydrogen-bond donors (Lipinski definition) is 2. The molecule has 2 heterocycles. The van der Waals surface area contributed by atoms with E-state index in [2.05, 4.69) is 68.7 Å². The first-order chi connectivity index (χ1) is 14.6. The molecule has 2 aliphatic carbocycles. The molecule has 1 aliphatic heterocycles. The lowest BCUT2D eigenvalue weighted by atomic mass is 9.52. The lowest BCUT2D eigenvalue weighted by Crippen LogP contribution is -3.06. The fraction of sp³-hybridized carbons (Fsp3) is 0.692. The number of allylic oxidation sites excluding steroid dienone is 3. The van der Waals surface area contributed by atoms with Gasteiger partial charge in [0.1, 0.15) is 12.9 Å². The molecule has 3 N–H and O–H groups in total. The molecule has 1 saturated carbocycles. The first-order valence-electron chi connectivity index (χ1n) is 12.2. The van der Waals surface area contributed by atoms with Gasteiger partial charge >= 0.3 is 0 Å². The van der Waals surface area contributed by atoms with Gasteiger partial charge in [-0.05, 0) is 74.2 Å². The number of nitrogens with two attached hydrogens (primary N) is 1. The minimum atomic E-state index is 0.335. The predicted molar refractivity (Wildman–Crippen MR) is 129 cm³/mol. The lowest BCUT2D eigenvalue weighted by Gasteiger charge is -2.53. The number of aromatic nitrogens is 2. The van der Waals surface area contributed by atoms with Gasteiger partial charge in [-0.3, -0.25) is 4.90 Å². The van der Waals surface area contributed by atoms with Crippen LogP contribution < -0.4 is 15.5 Å². The molecule has 0 aromatic carbocycles. The van der Waals surface area contributed by atoms with Gasteiger partial charge in [-0.25, -0.2) is 9.97 Å². The Kier molecular flexibility index (Phi) is 5.93. The summed E-state index contributed by atoms with van der Waals surface area (Å²) < 4.78 is 0. The molecule has 1 unspecified atom stereocenters. The third kappa shape index (κ3) is 4.02. The summed E-state index contributed by atoms with van der Waals surface area (Å²) in [5.74, 6) is 3.11. The first kappa shape index (κ1) is 22.3. The largest absolute Gasteiger partial charge is 0.379 e. The van der Waals surface area contributed by atoms with Crippen molar-refractivity contribution in [3.63, 3.8) is 0 Å². The van der Waals surface area contributed by atoms with Crippen LogP contribution in [0.25, 0.3) is 0 Å². The number of fused-ring (bicyclic) bond motifs is 2. The zero-order chi connectivity index (χ0) is 22.4. The van der Waals surface area contributed by atoms with Crippen LogP contribution in [0.4, 0.5) is 17.3 Å². The molecule has 170 valence electrons. The van der Waals surface area contributed by atoms with E-state index in [4.69, 9.17) is 5.73 Å². The first-order valence-corrected chi connectivity index (χ1v) is 12.2. The molecule has 4 atom stereocenters. The Morgan fingerprint density at radius 2 is 2.06 bits per heavy atom. The summed E-state index contributed by atoms with van der Waals surface area (Å²) in [6.45, 7) is 14.2. The van der Waals surface area contributed by atoms with E-state index in [0.29, 0.717) is 16.6 Å². The summed E-state index contributed by atoms with van der Waals surface area (Å²) in [5.41, 5.74) is 11.3. The minimum Gasteiger partial charge on any atom is -0.379 e. The summed E-state index contributed by atoms with van der Waals surface area (Å²) in [6.07, 6.45) is 14.4. The molecular formula is C26H42N5+. The molecule has 5 heteroatoms. The Morgan fingerprint density at radius 1 is 1.29 bits per heavy atom. The van der Waals surface area contributed by atoms with E-state index in [1.807, 2.05) is 0 Å². The van der Waals surface area contributed by atoms with Crippen molar-refractivity contribution in [1.82, 2.24) is 9.97 Å². The number of nitrogens with one attached hydrogen (secondary N) is 1. The molecule has 1 aromatic rings. The highest BCUT2D eigenvalue weighted by molar-refractivity contribution is 5.69. The smallest absolute Gasteiger partial charge is 0.218 e. The number of hydrogen-bond acceptors (Lipinski definition) is 4. The molecule has 0 radical (unpaired) electrons. The van der Waals surface area contributed by atoms with Crippen molar-refractivity contribution in [3.8, 4) is 0 Å². The summed E-state index contributed by atoms with van der Waals surface area (Å²) >= 11 is 0. The van der Waals surface area contributed by atoms with Crippen LogP contribution in [-0.2, 0) is 0 Å². The van der Waals surface area contributed by atoms with Gasteiger partial charge in [0.25, 0.3) is 0 Å². The predicted octanol–water partition coefficient (Wildman–Crippen LogP) is 4.51. The van der Waals surface area contributed by atoms with E-state index < -0.39 is 0 Å². The van der Waals surface area contributed by atoms with E-state index in [-0.39, 0.29) is 0 Å². The van der Waals surface area contributed by atoms with Crippen molar-refractivity contribution in [2.45, 2.75) is 73.1 Å². The van der Waals surface area contributed by atoms with Crippen LogP contribution in [0.15, 0.2) is 29.6 Å². The maximum absolute atomic E-state index is 6.18. The van der Waals surface area contributed by atoms with E-state index >= 15 is 0 Å². The van der Waals surface area contributed by atoms with Gasteiger partial charge in [0, 0.05) is 7.05 Å². The van der Waals surface area contributed by atoms with Crippen LogP contribution in [0.5, 0.6) is 0 Å². The van der Waals surface area contributed by atoms with Gasteiger partial charge in [-0.1, -0.05) is 44.9 Å². The fourth-order valence-electron chi connectivity index (χ4n) is 6.41. The average molecular weight is 425 g/mol. The maximum Gasteiger partial charge on any atom is 0.218 e. The Bertz CT molecular complexity index is 886. The van der Waals surface area contributed by atoms with Crippen LogP contribution in [0.3, 0.4) is 0 Å². The Morgan fingerprint density at radius 3 is 2.84 bits per heavy atom. The summed E-state index contributed by atoms with van der Waals surface area (Å²) in [7, 11) is 2.08. The lowest BCUT2D eigenvalue weighted by molar-refractivity contribution is -0.818. The van der Waals surface area contributed by atoms with Crippen LogP contribution >= 0.6 is 0 Å². The van der Waals surface area contributed by atoms with Crippen LogP contribution in [0.1, 0.15) is 73.1 Å². The highest BCUT2D eigenvalue weighted by Gasteiger charge is 2.47. The topological polar surface area (TPSA) is 59.5 Å². The second-order valence-electron chi connectivity index (χ2n) is 11.3. The number of nitrogens with zero attached hydrogens (tertiary/aromatic N) is 3. The molecule has 0 amide bonds. The monoisotopic (exact) mass is 424 g/mol. The molecule has 3 aliphatic rings. The molecule has 31 heavy (non-hydrogen) atoms. The molecule has 1 fully saturated rings. The fourth-order valence-corrected chi connectivity index (χ4v) is 6.41. The Balaban J connectivity index is 1.44. The maximum atomic E-state index is 6.18. The van der Waals surface area contributed by atoms with Crippen molar-refractivity contribution < 1.29 is 4.90 Å². The van der Waals surface area contributed by atoms with Crippen molar-refractivity contribution in [1.29, 1.82) is 0 Å². The van der Waals surface area contributed by atoms with Crippen LogP contribution in [0, 0.1) is 22.7 Å². The minimum absolute atomic E-state index is 0.335. The number of anilines is 2. The van der Waals surface area contributed by atoms with E-state index in [9.17, 15) is 0 Å². The third-order valence-corrected chi connectivity index (χ3v) is 8.84. The van der Waals surface area contributed by atoms with E-state index in [1.165, 1.54) is 49.0 Å². The van der Waals surface area contributed by atoms with E-state index in [0.717, 1.165) is 36.6 Å². The van der Waals surface area contributed by atoms with Crippen molar-refractivity contribution in [3.05, 3.63) is 29.6 Å². The quantitative estimate of drug-likeness (QED) is 0.683. The second kappa shape index (κ2) is 8.23. The third-order valence-electron chi connectivity index (χ3n) is 8.84. The number of rotatable bonds is 5. The molecule has 5 nitrogen and oxygen atoms in total. The standard InChI is InChI=1S/C26H41N5/c1-18(12-15-31-17-30(6)24-22(31)23(27)28-16-29-24)11-14-26(5)19(2)9-10-20-21(26)8-7-13-25(20,3)4/h8,12,16,19-20H,7,9-11,13-15,17H2,1-6H3,(H2,27,28,29)/p+1/b18-12+/t19-,20+,26+/m0/s1. The van der Waals surface area contributed by atoms with Crippen LogP contribution in [-0.4, -0.2) is 30.2 Å². The number of quaternary nitrogens is 1. The van der Waals surface area contributed by atoms with E-state index in [1.54, 1.807) is 11.9 Å². The Labute approximate surface area is 188 Å². The van der Waals surface area contributed by atoms with Crippen LogP contribution in [0.2, 0.25) is 0 Å². The van der Waals surface area contributed by atoms with Gasteiger partial charge in [-0.2, -0.15) is 0 Å². The van der Waals surface area contributed by atoms with Crippen molar-refractivity contribution >= 4 is 17.3 Å². The Hall–Kier alpha value is -1.88. The van der Waals surface area contributed by atoms with Gasteiger partial charge in [-0.15, -0.1) is 0 Å². The van der Waals surface area contributed by atoms with Crippen molar-refractivity contribution in [2.24, 2.45) is 22.7 Å². The van der Waals surface area contributed by atoms with Gasteiger partial charge in [0.05, 0.1) is 0 Å². The summed E-state index contributed by atoms with van der Waals surface area (Å²) in [5, 5.41) is 0.